The van der Waals surface area contributed by atoms with Crippen LogP contribution in [0.1, 0.15) is 11.1 Å². The quantitative estimate of drug-likeness (QED) is 0.338. The van der Waals surface area contributed by atoms with Crippen molar-refractivity contribution in [2.45, 2.75) is 13.8 Å². The molecule has 0 spiro atoms. The smallest absolute Gasteiger partial charge is 0.181 e. The summed E-state index contributed by atoms with van der Waals surface area (Å²) in [6.07, 6.45) is 4.66. The van der Waals surface area contributed by atoms with E-state index in [1.165, 1.54) is 12.0 Å². The second kappa shape index (κ2) is 6.26. The molecule has 3 heterocycles. The maximum atomic E-state index is 6.32. The van der Waals surface area contributed by atoms with E-state index in [9.17, 15) is 0 Å². The summed E-state index contributed by atoms with van der Waals surface area (Å²) in [5.41, 5.74) is 8.52. The van der Waals surface area contributed by atoms with Gasteiger partial charge in [-0.1, -0.05) is 18.2 Å². The number of hydrogen-bond acceptors (Lipinski definition) is 5. The Morgan fingerprint density at radius 3 is 2.67 bits per heavy atom. The first-order valence-corrected chi connectivity index (χ1v) is 9.75. The van der Waals surface area contributed by atoms with Crippen molar-refractivity contribution in [2.24, 2.45) is 0 Å². The van der Waals surface area contributed by atoms with Crippen molar-refractivity contribution in [3.63, 3.8) is 0 Å². The van der Waals surface area contributed by atoms with Crippen molar-refractivity contribution in [3.05, 3.63) is 78.6 Å². The van der Waals surface area contributed by atoms with E-state index >= 15 is 0 Å². The summed E-state index contributed by atoms with van der Waals surface area (Å²) in [4.78, 5) is 13.4. The van der Waals surface area contributed by atoms with Gasteiger partial charge in [0, 0.05) is 27.3 Å². The Balaban J connectivity index is 1.66. The second-order valence-electron chi connectivity index (χ2n) is 7.57. The zero-order valence-corrected chi connectivity index (χ0v) is 16.5. The van der Waals surface area contributed by atoms with Crippen LogP contribution in [-0.2, 0) is 0 Å². The van der Waals surface area contributed by atoms with E-state index in [0.29, 0.717) is 0 Å². The fourth-order valence-corrected chi connectivity index (χ4v) is 4.21. The maximum Gasteiger partial charge on any atom is 0.181 e. The molecule has 0 aliphatic carbocycles. The van der Waals surface area contributed by atoms with Crippen LogP contribution in [-0.4, -0.2) is 15.0 Å². The molecule has 0 atom stereocenters. The third-order valence-electron chi connectivity index (χ3n) is 5.57. The van der Waals surface area contributed by atoms with Gasteiger partial charge < -0.3 is 8.83 Å². The molecule has 0 aliphatic rings. The first-order chi connectivity index (χ1) is 14.7. The summed E-state index contributed by atoms with van der Waals surface area (Å²) in [5, 5.41) is 3.24. The molecule has 3 aromatic heterocycles. The average Bonchev–Trinajstić information content (AvgIpc) is 3.41. The molecule has 5 heteroatoms. The molecule has 0 amide bonds. The molecular formula is C25H17N3O2. The van der Waals surface area contributed by atoms with Gasteiger partial charge in [-0.25, -0.2) is 15.0 Å². The van der Waals surface area contributed by atoms with Gasteiger partial charge in [0.1, 0.15) is 29.5 Å². The van der Waals surface area contributed by atoms with Crippen molar-refractivity contribution in [3.8, 4) is 22.5 Å². The molecule has 3 aromatic carbocycles. The molecule has 0 bridgehead atoms. The van der Waals surface area contributed by atoms with Gasteiger partial charge in [-0.2, -0.15) is 0 Å². The monoisotopic (exact) mass is 391 g/mol. The van der Waals surface area contributed by atoms with Crippen LogP contribution in [0.2, 0.25) is 0 Å². The van der Waals surface area contributed by atoms with Gasteiger partial charge in [-0.3, -0.25) is 0 Å². The zero-order valence-electron chi connectivity index (χ0n) is 16.5. The fourth-order valence-electron chi connectivity index (χ4n) is 4.21. The lowest BCUT2D eigenvalue weighted by Crippen LogP contribution is -1.91. The average molecular weight is 391 g/mol. The predicted octanol–water partition coefficient (Wildman–Crippen LogP) is 6.47. The summed E-state index contributed by atoms with van der Waals surface area (Å²) in [7, 11) is 0. The molecule has 144 valence electrons. The SMILES string of the molecule is Cc1cc(-c2ncnc3cc(-c4cocn4)ccc23)c2oc3cccc(C)c3c2c1. The molecular weight excluding hydrogens is 374 g/mol. The second-order valence-corrected chi connectivity index (χ2v) is 7.57. The lowest BCUT2D eigenvalue weighted by molar-refractivity contribution is 0.558. The molecule has 5 nitrogen and oxygen atoms in total. The van der Waals surface area contributed by atoms with E-state index in [2.05, 4.69) is 47.0 Å². The van der Waals surface area contributed by atoms with E-state index in [0.717, 1.165) is 60.9 Å². The Morgan fingerprint density at radius 1 is 0.867 bits per heavy atom. The Bertz CT molecular complexity index is 1560. The van der Waals surface area contributed by atoms with Crippen molar-refractivity contribution < 1.29 is 8.83 Å². The van der Waals surface area contributed by atoms with Gasteiger partial charge in [0.15, 0.2) is 6.39 Å². The number of oxazole rings is 1. The molecule has 0 fully saturated rings. The molecule has 0 N–H and O–H groups in total. The number of hydrogen-bond donors (Lipinski definition) is 0. The molecule has 30 heavy (non-hydrogen) atoms. The summed E-state index contributed by atoms with van der Waals surface area (Å²) in [5.74, 6) is 0. The highest BCUT2D eigenvalue weighted by molar-refractivity contribution is 6.12. The van der Waals surface area contributed by atoms with Crippen molar-refractivity contribution in [1.29, 1.82) is 0 Å². The van der Waals surface area contributed by atoms with Gasteiger partial charge in [0.05, 0.1) is 11.2 Å². The molecule has 0 saturated heterocycles. The third kappa shape index (κ3) is 2.45. The minimum atomic E-state index is 0.780. The minimum absolute atomic E-state index is 0.780. The first kappa shape index (κ1) is 16.9. The predicted molar refractivity (Wildman–Crippen MR) is 117 cm³/mol. The van der Waals surface area contributed by atoms with E-state index in [-0.39, 0.29) is 0 Å². The molecule has 0 saturated carbocycles. The van der Waals surface area contributed by atoms with Crippen molar-refractivity contribution in [1.82, 2.24) is 15.0 Å². The van der Waals surface area contributed by atoms with Crippen LogP contribution in [0.15, 0.2) is 76.3 Å². The third-order valence-corrected chi connectivity index (χ3v) is 5.57. The number of fused-ring (bicyclic) bond motifs is 4. The lowest BCUT2D eigenvalue weighted by Gasteiger charge is -2.08. The highest BCUT2D eigenvalue weighted by Gasteiger charge is 2.17. The summed E-state index contributed by atoms with van der Waals surface area (Å²) in [6, 6.07) is 16.5. The largest absolute Gasteiger partial charge is 0.455 e. The summed E-state index contributed by atoms with van der Waals surface area (Å²) >= 11 is 0. The highest BCUT2D eigenvalue weighted by Crippen LogP contribution is 2.39. The van der Waals surface area contributed by atoms with Gasteiger partial charge in [-0.15, -0.1) is 0 Å². The standard InChI is InChI=1S/C25H17N3O2/c1-14-8-18-23-15(2)4-3-5-22(23)30-25(18)19(9-14)24-17-7-6-16(21-11-29-13-28-21)10-20(17)26-12-27-24/h3-13H,1-2H3. The maximum absolute atomic E-state index is 6.32. The van der Waals surface area contributed by atoms with E-state index in [1.54, 1.807) is 12.6 Å². The van der Waals surface area contributed by atoms with E-state index in [1.807, 2.05) is 30.3 Å². The zero-order chi connectivity index (χ0) is 20.2. The van der Waals surface area contributed by atoms with Crippen molar-refractivity contribution in [2.75, 3.05) is 0 Å². The number of benzene rings is 3. The fraction of sp³-hybridized carbons (Fsp3) is 0.0800. The van der Waals surface area contributed by atoms with Crippen LogP contribution in [0.25, 0.3) is 55.4 Å². The number of aryl methyl sites for hydroxylation is 2. The molecule has 0 unspecified atom stereocenters. The topological polar surface area (TPSA) is 65.0 Å². The lowest BCUT2D eigenvalue weighted by atomic mass is 9.98. The number of nitrogens with zero attached hydrogens (tertiary/aromatic N) is 3. The Hall–Kier alpha value is -3.99. The van der Waals surface area contributed by atoms with Crippen LogP contribution < -0.4 is 0 Å². The number of rotatable bonds is 2. The van der Waals surface area contributed by atoms with E-state index < -0.39 is 0 Å². The molecule has 0 aliphatic heterocycles. The van der Waals surface area contributed by atoms with Crippen LogP contribution in [0.3, 0.4) is 0 Å². The Kier molecular flexibility index (Phi) is 3.53. The normalized spacial score (nSPS) is 11.7. The van der Waals surface area contributed by atoms with Crippen LogP contribution >= 0.6 is 0 Å². The number of furan rings is 1. The molecule has 0 radical (unpaired) electrons. The Labute approximate surface area is 172 Å². The molecule has 6 rings (SSSR count). The van der Waals surface area contributed by atoms with Gasteiger partial charge >= 0.3 is 0 Å². The summed E-state index contributed by atoms with van der Waals surface area (Å²) in [6.45, 7) is 4.22. The van der Waals surface area contributed by atoms with Gasteiger partial charge in [0.25, 0.3) is 0 Å². The Morgan fingerprint density at radius 2 is 1.80 bits per heavy atom. The van der Waals surface area contributed by atoms with Crippen LogP contribution in [0, 0.1) is 13.8 Å². The minimum Gasteiger partial charge on any atom is -0.455 e. The first-order valence-electron chi connectivity index (χ1n) is 9.75. The van der Waals surface area contributed by atoms with Crippen LogP contribution in [0.5, 0.6) is 0 Å². The van der Waals surface area contributed by atoms with Crippen LogP contribution in [0.4, 0.5) is 0 Å². The van der Waals surface area contributed by atoms with Crippen molar-refractivity contribution >= 4 is 32.8 Å². The highest BCUT2D eigenvalue weighted by atomic mass is 16.3. The molecule has 6 aromatic rings. The van der Waals surface area contributed by atoms with Gasteiger partial charge in [-0.05, 0) is 55.3 Å². The van der Waals surface area contributed by atoms with Gasteiger partial charge in [0.2, 0.25) is 0 Å². The summed E-state index contributed by atoms with van der Waals surface area (Å²) < 4.78 is 11.4. The van der Waals surface area contributed by atoms with E-state index in [4.69, 9.17) is 8.83 Å². The number of aromatic nitrogens is 3.